The lowest BCUT2D eigenvalue weighted by Gasteiger charge is -2.33. The smallest absolute Gasteiger partial charge is 0.418 e. The second kappa shape index (κ2) is 7.94. The van der Waals surface area contributed by atoms with Crippen molar-refractivity contribution < 1.29 is 27.3 Å². The highest BCUT2D eigenvalue weighted by Gasteiger charge is 2.37. The normalized spacial score (nSPS) is 15.4. The van der Waals surface area contributed by atoms with Crippen LogP contribution in [0.2, 0.25) is 5.02 Å². The number of halogens is 4. The number of aryl methyl sites for hydroxylation is 1. The Kier molecular flexibility index (Phi) is 5.74. The lowest BCUT2D eigenvalue weighted by molar-refractivity contribution is -0.384. The molecule has 0 radical (unpaired) electrons. The fourth-order valence-electron chi connectivity index (χ4n) is 3.32. The lowest BCUT2D eigenvalue weighted by atomic mass is 10.0. The Morgan fingerprint density at radius 3 is 2.52 bits per heavy atom. The summed E-state index contributed by atoms with van der Waals surface area (Å²) in [4.78, 5) is 24.4. The highest BCUT2D eigenvalue weighted by atomic mass is 35.5. The second-order valence-corrected chi connectivity index (χ2v) is 7.11. The lowest BCUT2D eigenvalue weighted by Crippen LogP contribution is -2.45. The van der Waals surface area contributed by atoms with Gasteiger partial charge in [0.15, 0.2) is 0 Å². The number of carbonyl (C=O) groups excluding carboxylic acids is 1. The van der Waals surface area contributed by atoms with Gasteiger partial charge in [-0.1, -0.05) is 11.6 Å². The van der Waals surface area contributed by atoms with E-state index in [0.29, 0.717) is 43.3 Å². The number of nitro benzene ring substituents is 1. The first-order chi connectivity index (χ1) is 13.6. The molecule has 29 heavy (non-hydrogen) atoms. The number of alkyl halides is 3. The molecule has 1 saturated heterocycles. The molecule has 1 amide bonds. The molecule has 0 aliphatic carbocycles. The Labute approximate surface area is 168 Å². The molecule has 1 aromatic carbocycles. The molecule has 156 valence electrons. The largest absolute Gasteiger partial charge is 0.469 e. The molecule has 0 saturated carbocycles. The third kappa shape index (κ3) is 4.47. The van der Waals surface area contributed by atoms with Crippen molar-refractivity contribution in [3.63, 3.8) is 0 Å². The summed E-state index contributed by atoms with van der Waals surface area (Å²) >= 11 is 5.74. The molecular formula is C18H17ClF3N3O4. The quantitative estimate of drug-likeness (QED) is 0.566. The molecule has 7 nitrogen and oxygen atoms in total. The van der Waals surface area contributed by atoms with Crippen LogP contribution >= 0.6 is 11.6 Å². The van der Waals surface area contributed by atoms with E-state index in [4.69, 9.17) is 16.0 Å². The van der Waals surface area contributed by atoms with Crippen LogP contribution in [0.5, 0.6) is 0 Å². The van der Waals surface area contributed by atoms with Gasteiger partial charge in [0.2, 0.25) is 0 Å². The van der Waals surface area contributed by atoms with Gasteiger partial charge in [-0.3, -0.25) is 14.9 Å². The third-order valence-corrected chi connectivity index (χ3v) is 5.15. The number of hydrogen-bond donors (Lipinski definition) is 1. The van der Waals surface area contributed by atoms with E-state index in [0.717, 1.165) is 6.07 Å². The first kappa shape index (κ1) is 21.0. The Bertz CT molecular complexity index is 937. The van der Waals surface area contributed by atoms with Crippen molar-refractivity contribution in [1.29, 1.82) is 0 Å². The first-order valence-electron chi connectivity index (χ1n) is 8.73. The van der Waals surface area contributed by atoms with Crippen molar-refractivity contribution in [2.24, 2.45) is 0 Å². The SMILES string of the molecule is Cc1occc1C(=O)NC1CCN(c2cc(Cl)c(C(F)(F)F)cc2[N+](=O)[O-])CC1. The maximum absolute atomic E-state index is 13.0. The number of furan rings is 1. The molecule has 1 N–H and O–H groups in total. The zero-order valence-electron chi connectivity index (χ0n) is 15.3. The fraction of sp³-hybridized carbons (Fsp3) is 0.389. The number of anilines is 1. The van der Waals surface area contributed by atoms with E-state index in [9.17, 15) is 28.1 Å². The maximum atomic E-state index is 13.0. The molecule has 0 atom stereocenters. The molecule has 1 aliphatic rings. The molecule has 1 aromatic heterocycles. The zero-order valence-corrected chi connectivity index (χ0v) is 16.0. The molecule has 0 unspecified atom stereocenters. The molecule has 1 fully saturated rings. The summed E-state index contributed by atoms with van der Waals surface area (Å²) in [6.07, 6.45) is -2.43. The van der Waals surface area contributed by atoms with Gasteiger partial charge in [-0.2, -0.15) is 13.2 Å². The van der Waals surface area contributed by atoms with Crippen LogP contribution in [0.3, 0.4) is 0 Å². The van der Waals surface area contributed by atoms with E-state index in [2.05, 4.69) is 5.32 Å². The molecular weight excluding hydrogens is 415 g/mol. The molecule has 11 heteroatoms. The Hall–Kier alpha value is -2.75. The van der Waals surface area contributed by atoms with Gasteiger partial charge < -0.3 is 14.6 Å². The van der Waals surface area contributed by atoms with E-state index < -0.39 is 27.4 Å². The minimum Gasteiger partial charge on any atom is -0.469 e. The second-order valence-electron chi connectivity index (χ2n) is 6.70. The van der Waals surface area contributed by atoms with Crippen molar-refractivity contribution in [2.45, 2.75) is 32.0 Å². The van der Waals surface area contributed by atoms with E-state index in [-0.39, 0.29) is 17.6 Å². The van der Waals surface area contributed by atoms with Crippen LogP contribution in [0.15, 0.2) is 28.9 Å². The third-order valence-electron chi connectivity index (χ3n) is 4.84. The van der Waals surface area contributed by atoms with Crippen molar-refractivity contribution in [3.8, 4) is 0 Å². The summed E-state index contributed by atoms with van der Waals surface area (Å²) in [6.45, 7) is 2.31. The molecule has 1 aliphatic heterocycles. The van der Waals surface area contributed by atoms with Crippen molar-refractivity contribution >= 4 is 28.9 Å². The summed E-state index contributed by atoms with van der Waals surface area (Å²) in [5, 5.41) is 13.6. The zero-order chi connectivity index (χ0) is 21.3. The van der Waals surface area contributed by atoms with Gasteiger partial charge in [0.1, 0.15) is 11.4 Å². The number of nitro groups is 1. The van der Waals surface area contributed by atoms with Gasteiger partial charge >= 0.3 is 6.18 Å². The number of nitrogens with zero attached hydrogens (tertiary/aromatic N) is 2. The van der Waals surface area contributed by atoms with Gasteiger partial charge in [0.25, 0.3) is 11.6 Å². The highest BCUT2D eigenvalue weighted by Crippen LogP contribution is 2.42. The summed E-state index contributed by atoms with van der Waals surface area (Å²) in [5.74, 6) is 0.216. The van der Waals surface area contributed by atoms with E-state index in [1.165, 1.54) is 6.26 Å². The van der Waals surface area contributed by atoms with Gasteiger partial charge in [0.05, 0.1) is 27.3 Å². The van der Waals surface area contributed by atoms with Crippen LogP contribution in [0.4, 0.5) is 24.5 Å². The summed E-state index contributed by atoms with van der Waals surface area (Å²) in [5.41, 5.74) is -1.44. The van der Waals surface area contributed by atoms with Crippen molar-refractivity contribution in [2.75, 3.05) is 18.0 Å². The Balaban J connectivity index is 1.73. The van der Waals surface area contributed by atoms with Gasteiger partial charge in [-0.05, 0) is 31.9 Å². The number of benzene rings is 1. The number of carbonyl (C=O) groups is 1. The first-order valence-corrected chi connectivity index (χ1v) is 9.10. The molecule has 2 aromatic rings. The van der Waals surface area contributed by atoms with Crippen molar-refractivity contribution in [1.82, 2.24) is 5.32 Å². The van der Waals surface area contributed by atoms with E-state index in [1.54, 1.807) is 17.9 Å². The van der Waals surface area contributed by atoms with Crippen LogP contribution in [0, 0.1) is 17.0 Å². The van der Waals surface area contributed by atoms with Crippen LogP contribution < -0.4 is 10.2 Å². The minimum absolute atomic E-state index is 0.0310. The molecule has 3 rings (SSSR count). The predicted octanol–water partition coefficient (Wildman–Crippen LogP) is 4.57. The van der Waals surface area contributed by atoms with Crippen LogP contribution in [0.1, 0.15) is 34.5 Å². The molecule has 0 spiro atoms. The standard InChI is InChI=1S/C18H17ClF3N3O4/c1-10-12(4-7-29-10)17(26)23-11-2-5-24(6-3-11)15-9-14(19)13(18(20,21)22)8-16(15)25(27)28/h4,7-9,11H,2-3,5-6H2,1H3,(H,23,26). The minimum atomic E-state index is -4.79. The van der Waals surface area contributed by atoms with Crippen LogP contribution in [0.25, 0.3) is 0 Å². The summed E-state index contributed by atoms with van der Waals surface area (Å²) < 4.78 is 44.2. The van der Waals surface area contributed by atoms with Gasteiger partial charge in [-0.15, -0.1) is 0 Å². The topological polar surface area (TPSA) is 88.6 Å². The average molecular weight is 432 g/mol. The van der Waals surface area contributed by atoms with Gasteiger partial charge in [-0.25, -0.2) is 0 Å². The Morgan fingerprint density at radius 1 is 1.34 bits per heavy atom. The van der Waals surface area contributed by atoms with E-state index in [1.807, 2.05) is 0 Å². The number of hydrogen-bond acceptors (Lipinski definition) is 5. The fourth-order valence-corrected chi connectivity index (χ4v) is 3.58. The van der Waals surface area contributed by atoms with Crippen LogP contribution in [-0.2, 0) is 6.18 Å². The number of amides is 1. The summed E-state index contributed by atoms with van der Waals surface area (Å²) in [6, 6.07) is 2.84. The molecule has 2 heterocycles. The number of piperidine rings is 1. The van der Waals surface area contributed by atoms with Gasteiger partial charge in [0, 0.05) is 25.2 Å². The Morgan fingerprint density at radius 2 is 2.00 bits per heavy atom. The number of nitrogens with one attached hydrogen (secondary N) is 1. The molecule has 0 bridgehead atoms. The average Bonchev–Trinajstić information content (AvgIpc) is 3.07. The monoisotopic (exact) mass is 431 g/mol. The summed E-state index contributed by atoms with van der Waals surface area (Å²) in [7, 11) is 0. The predicted molar refractivity (Wildman–Crippen MR) is 99.3 cm³/mol. The number of rotatable bonds is 4. The maximum Gasteiger partial charge on any atom is 0.418 e. The van der Waals surface area contributed by atoms with Crippen LogP contribution in [-0.4, -0.2) is 30.0 Å². The highest BCUT2D eigenvalue weighted by molar-refractivity contribution is 6.31. The van der Waals surface area contributed by atoms with E-state index >= 15 is 0 Å². The van der Waals surface area contributed by atoms with Crippen molar-refractivity contribution in [3.05, 3.63) is 56.5 Å².